The summed E-state index contributed by atoms with van der Waals surface area (Å²) in [5, 5.41) is 11.0. The molecule has 0 saturated heterocycles. The summed E-state index contributed by atoms with van der Waals surface area (Å²) in [5.41, 5.74) is 0.718. The highest BCUT2D eigenvalue weighted by molar-refractivity contribution is 6.03. The molecule has 0 spiro atoms. The van der Waals surface area contributed by atoms with Gasteiger partial charge in [0.25, 0.3) is 5.91 Å². The van der Waals surface area contributed by atoms with Gasteiger partial charge in [0, 0.05) is 24.4 Å². The normalized spacial score (nSPS) is 8.60. The van der Waals surface area contributed by atoms with E-state index in [-0.39, 0.29) is 5.91 Å². The zero-order valence-corrected chi connectivity index (χ0v) is 11.0. The summed E-state index contributed by atoms with van der Waals surface area (Å²) in [6, 6.07) is 9.12. The lowest BCUT2D eigenvalue weighted by Gasteiger charge is -1.98. The summed E-state index contributed by atoms with van der Waals surface area (Å²) in [5.74, 6) is 8.44. The van der Waals surface area contributed by atoms with Crippen LogP contribution in [0.1, 0.15) is 25.7 Å². The summed E-state index contributed by atoms with van der Waals surface area (Å²) in [4.78, 5) is 21.6. The van der Waals surface area contributed by atoms with Crippen LogP contribution < -0.4 is 5.32 Å². The number of para-hydroxylation sites is 1. The maximum absolute atomic E-state index is 11.5. The van der Waals surface area contributed by atoms with Crippen LogP contribution in [0, 0.1) is 23.7 Å². The molecule has 0 saturated carbocycles. The molecule has 1 aromatic carbocycles. The molecule has 0 fully saturated rings. The predicted octanol–water partition coefficient (Wildman–Crippen LogP) is 2.28. The van der Waals surface area contributed by atoms with Crippen LogP contribution in [0.25, 0.3) is 0 Å². The molecule has 4 heteroatoms. The van der Waals surface area contributed by atoms with E-state index < -0.39 is 5.97 Å². The summed E-state index contributed by atoms with van der Waals surface area (Å²) in [6.07, 6.45) is 2.69. The van der Waals surface area contributed by atoms with Crippen molar-refractivity contribution in [1.82, 2.24) is 0 Å². The van der Waals surface area contributed by atoms with Gasteiger partial charge >= 0.3 is 5.97 Å². The van der Waals surface area contributed by atoms with Crippen molar-refractivity contribution < 1.29 is 14.7 Å². The Bertz CT molecular complexity index is 570. The topological polar surface area (TPSA) is 66.4 Å². The monoisotopic (exact) mass is 269 g/mol. The number of nitrogens with one attached hydrogen (secondary N) is 1. The molecule has 0 bridgehead atoms. The zero-order valence-electron chi connectivity index (χ0n) is 11.0. The maximum Gasteiger partial charge on any atom is 0.381 e. The molecule has 0 aliphatic heterocycles. The summed E-state index contributed by atoms with van der Waals surface area (Å²) in [6.45, 7) is 0. The van der Waals surface area contributed by atoms with Crippen molar-refractivity contribution in [3.05, 3.63) is 30.3 Å². The van der Waals surface area contributed by atoms with Crippen LogP contribution in [0.15, 0.2) is 30.3 Å². The van der Waals surface area contributed by atoms with Crippen LogP contribution >= 0.6 is 0 Å². The third kappa shape index (κ3) is 7.58. The van der Waals surface area contributed by atoms with Crippen molar-refractivity contribution in [3.8, 4) is 23.7 Å². The maximum atomic E-state index is 11.5. The van der Waals surface area contributed by atoms with Crippen LogP contribution in [-0.4, -0.2) is 17.0 Å². The summed E-state index contributed by atoms with van der Waals surface area (Å²) in [7, 11) is 0. The first-order valence-corrected chi connectivity index (χ1v) is 6.25. The van der Waals surface area contributed by atoms with E-state index in [4.69, 9.17) is 5.11 Å². The van der Waals surface area contributed by atoms with Gasteiger partial charge in [-0.15, -0.1) is 0 Å². The summed E-state index contributed by atoms with van der Waals surface area (Å²) < 4.78 is 0. The van der Waals surface area contributed by atoms with Crippen molar-refractivity contribution in [2.24, 2.45) is 0 Å². The molecular weight excluding hydrogens is 254 g/mol. The zero-order chi connectivity index (χ0) is 14.6. The van der Waals surface area contributed by atoms with Crippen LogP contribution in [-0.2, 0) is 9.59 Å². The lowest BCUT2D eigenvalue weighted by Crippen LogP contribution is -2.07. The number of benzene rings is 1. The highest BCUT2D eigenvalue weighted by atomic mass is 16.4. The predicted molar refractivity (Wildman–Crippen MR) is 76.7 cm³/mol. The fourth-order valence-corrected chi connectivity index (χ4v) is 1.39. The van der Waals surface area contributed by atoms with Gasteiger partial charge in [-0.1, -0.05) is 30.0 Å². The molecule has 0 heterocycles. The van der Waals surface area contributed by atoms with Gasteiger partial charge in [-0.05, 0) is 30.9 Å². The number of unbranched alkanes of at least 4 members (excludes halogenated alkanes) is 3. The van der Waals surface area contributed by atoms with Gasteiger partial charge in [0.05, 0.1) is 0 Å². The molecule has 2 N–H and O–H groups in total. The quantitative estimate of drug-likeness (QED) is 0.651. The number of carboxylic acids is 1. The van der Waals surface area contributed by atoms with E-state index in [9.17, 15) is 9.59 Å². The number of anilines is 1. The fourth-order valence-electron chi connectivity index (χ4n) is 1.39. The molecule has 0 atom stereocenters. The standard InChI is InChI=1S/C16H15NO3/c18-15(17-14-10-6-5-7-11-14)12-8-3-1-2-4-9-13-16(19)20/h5-7,10-11H,1-4H2,(H,17,18)(H,19,20). The van der Waals surface area contributed by atoms with E-state index in [0.717, 1.165) is 18.5 Å². The molecule has 0 unspecified atom stereocenters. The number of carboxylic acid groups (broad SMARTS) is 1. The second-order valence-electron chi connectivity index (χ2n) is 3.94. The SMILES string of the molecule is O=C(O)C#CCCCCC#CC(=O)Nc1ccccc1. The van der Waals surface area contributed by atoms with E-state index in [1.54, 1.807) is 12.1 Å². The molecule has 0 aliphatic carbocycles. The lowest BCUT2D eigenvalue weighted by molar-refractivity contribution is -0.130. The minimum absolute atomic E-state index is 0.332. The van der Waals surface area contributed by atoms with Gasteiger partial charge < -0.3 is 10.4 Å². The number of hydrogen-bond donors (Lipinski definition) is 2. The van der Waals surface area contributed by atoms with E-state index in [0.29, 0.717) is 12.8 Å². The third-order valence-corrected chi connectivity index (χ3v) is 2.28. The number of rotatable bonds is 4. The van der Waals surface area contributed by atoms with Crippen LogP contribution in [0.4, 0.5) is 5.69 Å². The Morgan fingerprint density at radius 3 is 2.20 bits per heavy atom. The number of aliphatic carboxylic acids is 1. The Morgan fingerprint density at radius 1 is 1.00 bits per heavy atom. The average molecular weight is 269 g/mol. The molecule has 20 heavy (non-hydrogen) atoms. The number of carbonyl (C=O) groups is 2. The van der Waals surface area contributed by atoms with E-state index in [2.05, 4.69) is 23.1 Å². The molecule has 4 nitrogen and oxygen atoms in total. The Kier molecular flexibility index (Phi) is 7.09. The van der Waals surface area contributed by atoms with Crippen LogP contribution in [0.2, 0.25) is 0 Å². The van der Waals surface area contributed by atoms with Gasteiger partial charge in [0.2, 0.25) is 0 Å². The fraction of sp³-hybridized carbons (Fsp3) is 0.250. The van der Waals surface area contributed by atoms with Crippen LogP contribution in [0.5, 0.6) is 0 Å². The van der Waals surface area contributed by atoms with Gasteiger partial charge in [-0.3, -0.25) is 4.79 Å². The molecular formula is C16H15NO3. The molecule has 0 radical (unpaired) electrons. The number of amides is 1. The first-order valence-electron chi connectivity index (χ1n) is 6.25. The van der Waals surface area contributed by atoms with E-state index >= 15 is 0 Å². The molecule has 0 aliphatic rings. The van der Waals surface area contributed by atoms with Gasteiger partial charge in [-0.25, -0.2) is 4.79 Å². The van der Waals surface area contributed by atoms with Crippen molar-refractivity contribution in [1.29, 1.82) is 0 Å². The third-order valence-electron chi connectivity index (χ3n) is 2.28. The number of carbonyl (C=O) groups excluding carboxylic acids is 1. The minimum Gasteiger partial charge on any atom is -0.472 e. The Balaban J connectivity index is 2.18. The smallest absolute Gasteiger partial charge is 0.381 e. The highest BCUT2D eigenvalue weighted by Gasteiger charge is 1.95. The van der Waals surface area contributed by atoms with Crippen molar-refractivity contribution in [2.75, 3.05) is 5.32 Å². The van der Waals surface area contributed by atoms with Gasteiger partial charge in [0.15, 0.2) is 0 Å². The van der Waals surface area contributed by atoms with Crippen molar-refractivity contribution in [3.63, 3.8) is 0 Å². The Morgan fingerprint density at radius 2 is 1.60 bits per heavy atom. The van der Waals surface area contributed by atoms with E-state index in [1.165, 1.54) is 0 Å². The second-order valence-corrected chi connectivity index (χ2v) is 3.94. The molecule has 1 aromatic rings. The lowest BCUT2D eigenvalue weighted by atomic mass is 10.2. The average Bonchev–Trinajstić information content (AvgIpc) is 2.42. The van der Waals surface area contributed by atoms with Gasteiger partial charge in [-0.2, -0.15) is 0 Å². The first kappa shape index (κ1) is 15.3. The van der Waals surface area contributed by atoms with E-state index in [1.807, 2.05) is 24.1 Å². The molecule has 102 valence electrons. The first-order chi connectivity index (χ1) is 9.68. The molecule has 1 amide bonds. The largest absolute Gasteiger partial charge is 0.472 e. The molecule has 1 rings (SSSR count). The van der Waals surface area contributed by atoms with Crippen LogP contribution in [0.3, 0.4) is 0 Å². The number of hydrogen-bond acceptors (Lipinski definition) is 2. The van der Waals surface area contributed by atoms with Gasteiger partial charge in [0.1, 0.15) is 0 Å². The second kappa shape index (κ2) is 9.24. The van der Waals surface area contributed by atoms with Crippen molar-refractivity contribution >= 4 is 17.6 Å². The summed E-state index contributed by atoms with van der Waals surface area (Å²) >= 11 is 0. The Hall–Kier alpha value is -2.72. The Labute approximate surface area is 118 Å². The van der Waals surface area contributed by atoms with Crippen molar-refractivity contribution in [2.45, 2.75) is 25.7 Å². The minimum atomic E-state index is -1.11. The highest BCUT2D eigenvalue weighted by Crippen LogP contribution is 2.04. The molecule has 0 aromatic heterocycles.